The maximum absolute atomic E-state index is 10.8. The van der Waals surface area contributed by atoms with Gasteiger partial charge in [-0.25, -0.2) is 4.98 Å². The zero-order valence-corrected chi connectivity index (χ0v) is 8.80. The Morgan fingerprint density at radius 3 is 2.87 bits per heavy atom. The largest absolute Gasteiger partial charge is 0.353 e. The molecule has 1 heterocycles. The van der Waals surface area contributed by atoms with Gasteiger partial charge in [-0.1, -0.05) is 0 Å². The molecular weight excluding hydrogens is 196 g/mol. The molecule has 0 radical (unpaired) electrons. The number of aryl methyl sites for hydroxylation is 1. The van der Waals surface area contributed by atoms with Crippen molar-refractivity contribution in [1.82, 2.24) is 4.98 Å². The molecule has 1 rings (SSSR count). The molecule has 0 atom stereocenters. The van der Waals surface area contributed by atoms with Crippen molar-refractivity contribution in [2.75, 3.05) is 25.0 Å². The number of rotatable bonds is 4. The normalized spacial score (nSPS) is 10.1. The quantitative estimate of drug-likeness (QED) is 0.583. The number of anilines is 1. The highest BCUT2D eigenvalue weighted by molar-refractivity contribution is 5.58. The van der Waals surface area contributed by atoms with E-state index >= 15 is 0 Å². The fourth-order valence-electron chi connectivity index (χ4n) is 1.27. The first-order valence-corrected chi connectivity index (χ1v) is 4.58. The maximum atomic E-state index is 10.8. The van der Waals surface area contributed by atoms with Crippen LogP contribution < -0.4 is 10.6 Å². The van der Waals surface area contributed by atoms with Gasteiger partial charge in [-0.15, -0.1) is 0 Å². The highest BCUT2D eigenvalue weighted by atomic mass is 16.6. The summed E-state index contributed by atoms with van der Waals surface area (Å²) in [6, 6.07) is 1.51. The Labute approximate surface area is 87.9 Å². The van der Waals surface area contributed by atoms with Crippen molar-refractivity contribution in [3.05, 3.63) is 27.9 Å². The first-order valence-electron chi connectivity index (χ1n) is 4.58. The van der Waals surface area contributed by atoms with Crippen molar-refractivity contribution in [1.29, 1.82) is 0 Å². The van der Waals surface area contributed by atoms with Gasteiger partial charge in [0.05, 0.1) is 4.92 Å². The number of nitro groups is 1. The van der Waals surface area contributed by atoms with Crippen LogP contribution in [0.2, 0.25) is 0 Å². The Morgan fingerprint density at radius 1 is 1.67 bits per heavy atom. The minimum atomic E-state index is -0.428. The van der Waals surface area contributed by atoms with Gasteiger partial charge in [0.15, 0.2) is 0 Å². The van der Waals surface area contributed by atoms with Crippen LogP contribution in [0.5, 0.6) is 0 Å². The molecule has 6 nitrogen and oxygen atoms in total. The highest BCUT2D eigenvalue weighted by Crippen LogP contribution is 2.24. The lowest BCUT2D eigenvalue weighted by atomic mass is 10.2. The molecule has 0 spiro atoms. The standard InChI is InChI=1S/C9H14N4O2/c1-7-5-8(13(14)15)9(11-6-7)12(2)4-3-10/h5-6H,3-4,10H2,1-2H3. The Kier molecular flexibility index (Phi) is 3.56. The van der Waals surface area contributed by atoms with E-state index in [0.717, 1.165) is 5.56 Å². The summed E-state index contributed by atoms with van der Waals surface area (Å²) in [6.07, 6.45) is 1.61. The third-order valence-electron chi connectivity index (χ3n) is 2.01. The van der Waals surface area contributed by atoms with E-state index < -0.39 is 4.92 Å². The van der Waals surface area contributed by atoms with Gasteiger partial charge < -0.3 is 10.6 Å². The molecule has 0 saturated heterocycles. The number of aromatic nitrogens is 1. The first-order chi connectivity index (χ1) is 7.06. The Bertz CT molecular complexity index is 367. The summed E-state index contributed by atoms with van der Waals surface area (Å²) in [7, 11) is 1.73. The lowest BCUT2D eigenvalue weighted by Gasteiger charge is -2.16. The van der Waals surface area contributed by atoms with E-state index in [4.69, 9.17) is 5.73 Å². The van der Waals surface area contributed by atoms with Gasteiger partial charge in [0, 0.05) is 32.4 Å². The molecule has 0 aromatic carbocycles. The average Bonchev–Trinajstić information content (AvgIpc) is 2.17. The van der Waals surface area contributed by atoms with Gasteiger partial charge >= 0.3 is 5.69 Å². The van der Waals surface area contributed by atoms with E-state index in [1.807, 2.05) is 0 Å². The van der Waals surface area contributed by atoms with Gasteiger partial charge in [0.1, 0.15) is 0 Å². The van der Waals surface area contributed by atoms with Crippen LogP contribution >= 0.6 is 0 Å². The van der Waals surface area contributed by atoms with Gasteiger partial charge in [-0.2, -0.15) is 0 Å². The molecule has 0 fully saturated rings. The molecular formula is C9H14N4O2. The second-order valence-corrected chi connectivity index (χ2v) is 3.32. The summed E-state index contributed by atoms with van der Waals surface area (Å²) in [5.74, 6) is 0.357. The molecule has 0 aliphatic carbocycles. The minimum absolute atomic E-state index is 0.0194. The summed E-state index contributed by atoms with van der Waals surface area (Å²) in [6.45, 7) is 2.74. The third kappa shape index (κ3) is 2.63. The number of nitrogens with zero attached hydrogens (tertiary/aromatic N) is 3. The zero-order chi connectivity index (χ0) is 11.4. The molecule has 2 N–H and O–H groups in total. The maximum Gasteiger partial charge on any atom is 0.311 e. The zero-order valence-electron chi connectivity index (χ0n) is 8.80. The molecule has 0 aliphatic rings. The molecule has 0 bridgehead atoms. The Hall–Kier alpha value is -1.69. The van der Waals surface area contributed by atoms with Crippen LogP contribution in [0.3, 0.4) is 0 Å². The molecule has 1 aromatic rings. The Morgan fingerprint density at radius 2 is 2.33 bits per heavy atom. The van der Waals surface area contributed by atoms with Crippen molar-refractivity contribution >= 4 is 11.5 Å². The molecule has 1 aromatic heterocycles. The van der Waals surface area contributed by atoms with Crippen molar-refractivity contribution in [2.24, 2.45) is 5.73 Å². The fraction of sp³-hybridized carbons (Fsp3) is 0.444. The number of hydrogen-bond acceptors (Lipinski definition) is 5. The van der Waals surface area contributed by atoms with Crippen molar-refractivity contribution in [3.63, 3.8) is 0 Å². The van der Waals surface area contributed by atoms with Crippen LogP contribution in [-0.2, 0) is 0 Å². The van der Waals surface area contributed by atoms with E-state index in [2.05, 4.69) is 4.98 Å². The van der Waals surface area contributed by atoms with Crippen LogP contribution in [0.15, 0.2) is 12.3 Å². The summed E-state index contributed by atoms with van der Waals surface area (Å²) >= 11 is 0. The topological polar surface area (TPSA) is 85.3 Å². The summed E-state index contributed by atoms with van der Waals surface area (Å²) in [5.41, 5.74) is 6.17. The summed E-state index contributed by atoms with van der Waals surface area (Å²) in [5, 5.41) is 10.8. The fourth-order valence-corrected chi connectivity index (χ4v) is 1.27. The van der Waals surface area contributed by atoms with Gasteiger partial charge in [-0.05, 0) is 12.5 Å². The number of pyridine rings is 1. The third-order valence-corrected chi connectivity index (χ3v) is 2.01. The van der Waals surface area contributed by atoms with Crippen molar-refractivity contribution < 1.29 is 4.92 Å². The van der Waals surface area contributed by atoms with Crippen molar-refractivity contribution in [2.45, 2.75) is 6.92 Å². The van der Waals surface area contributed by atoms with Gasteiger partial charge in [0.25, 0.3) is 0 Å². The smallest absolute Gasteiger partial charge is 0.311 e. The first kappa shape index (κ1) is 11.4. The van der Waals surface area contributed by atoms with Crippen molar-refractivity contribution in [3.8, 4) is 0 Å². The summed E-state index contributed by atoms with van der Waals surface area (Å²) < 4.78 is 0. The monoisotopic (exact) mass is 210 g/mol. The predicted octanol–water partition coefficient (Wildman–Crippen LogP) is 0.693. The molecule has 82 valence electrons. The van der Waals surface area contributed by atoms with Gasteiger partial charge in [0.2, 0.25) is 5.82 Å². The second kappa shape index (κ2) is 4.70. The number of nitrogens with two attached hydrogens (primary N) is 1. The lowest BCUT2D eigenvalue weighted by molar-refractivity contribution is -0.384. The van der Waals surface area contributed by atoms with Crippen LogP contribution in [0.4, 0.5) is 11.5 Å². The van der Waals surface area contributed by atoms with Crippen LogP contribution in [0.25, 0.3) is 0 Å². The molecule has 0 aliphatic heterocycles. The lowest BCUT2D eigenvalue weighted by Crippen LogP contribution is -2.26. The SMILES string of the molecule is Cc1cnc(N(C)CCN)c([N+](=O)[O-])c1. The van der Waals surface area contributed by atoms with Crippen LogP contribution in [-0.4, -0.2) is 30.0 Å². The number of likely N-dealkylation sites (N-methyl/N-ethyl adjacent to an activating group) is 1. The second-order valence-electron chi connectivity index (χ2n) is 3.32. The van der Waals surface area contributed by atoms with E-state index in [0.29, 0.717) is 18.9 Å². The average molecular weight is 210 g/mol. The molecule has 0 amide bonds. The number of hydrogen-bond donors (Lipinski definition) is 1. The van der Waals surface area contributed by atoms with Crippen LogP contribution in [0.1, 0.15) is 5.56 Å². The van der Waals surface area contributed by atoms with E-state index in [9.17, 15) is 10.1 Å². The molecule has 6 heteroatoms. The molecule has 0 saturated carbocycles. The molecule has 15 heavy (non-hydrogen) atoms. The molecule has 0 unspecified atom stereocenters. The minimum Gasteiger partial charge on any atom is -0.353 e. The highest BCUT2D eigenvalue weighted by Gasteiger charge is 2.18. The predicted molar refractivity (Wildman–Crippen MR) is 58.0 cm³/mol. The summed E-state index contributed by atoms with van der Waals surface area (Å²) in [4.78, 5) is 16.1. The van der Waals surface area contributed by atoms with E-state index in [-0.39, 0.29) is 5.69 Å². The van der Waals surface area contributed by atoms with Crippen LogP contribution in [0, 0.1) is 17.0 Å². The Balaban J connectivity index is 3.10. The van der Waals surface area contributed by atoms with E-state index in [1.54, 1.807) is 25.1 Å². The van der Waals surface area contributed by atoms with E-state index in [1.165, 1.54) is 6.07 Å². The van der Waals surface area contributed by atoms with Gasteiger partial charge in [-0.3, -0.25) is 10.1 Å².